The minimum atomic E-state index is -0.631. The molecule has 0 aliphatic rings. The molecule has 110 valence electrons. The van der Waals surface area contributed by atoms with Crippen molar-refractivity contribution in [3.63, 3.8) is 0 Å². The van der Waals surface area contributed by atoms with Crippen LogP contribution in [0.25, 0.3) is 0 Å². The first-order chi connectivity index (χ1) is 9.20. The lowest BCUT2D eigenvalue weighted by atomic mass is 9.91. The van der Waals surface area contributed by atoms with Crippen LogP contribution in [-0.4, -0.2) is 25.0 Å². The molecule has 20 heavy (non-hydrogen) atoms. The van der Waals surface area contributed by atoms with Crippen LogP contribution in [0.2, 0.25) is 10.0 Å². The zero-order valence-electron chi connectivity index (χ0n) is 11.5. The Morgan fingerprint density at radius 1 is 1.15 bits per heavy atom. The van der Waals surface area contributed by atoms with Crippen LogP contribution >= 0.6 is 23.2 Å². The minimum Gasteiger partial charge on any atom is -0.480 e. The number of hydrogen-bond donors (Lipinski definition) is 0. The zero-order valence-corrected chi connectivity index (χ0v) is 13.0. The van der Waals surface area contributed by atoms with E-state index >= 15 is 0 Å². The van der Waals surface area contributed by atoms with Crippen molar-refractivity contribution in [3.8, 4) is 5.75 Å². The largest absolute Gasteiger partial charge is 0.480 e. The zero-order chi connectivity index (χ0) is 15.3. The molecule has 0 aliphatic carbocycles. The Morgan fingerprint density at radius 2 is 1.80 bits per heavy atom. The Hall–Kier alpha value is -1.26. The lowest BCUT2D eigenvalue weighted by molar-refractivity contribution is -0.151. The van der Waals surface area contributed by atoms with E-state index in [0.717, 1.165) is 0 Å². The van der Waals surface area contributed by atoms with E-state index in [9.17, 15) is 9.59 Å². The van der Waals surface area contributed by atoms with Crippen LogP contribution in [0.3, 0.4) is 0 Å². The first-order valence-corrected chi connectivity index (χ1v) is 6.72. The summed E-state index contributed by atoms with van der Waals surface area (Å²) in [6, 6.07) is 4.66. The summed E-state index contributed by atoms with van der Waals surface area (Å²) in [7, 11) is 0. The van der Waals surface area contributed by atoms with Gasteiger partial charge in [-0.25, -0.2) is 4.79 Å². The third-order valence-corrected chi connectivity index (χ3v) is 2.97. The monoisotopic (exact) mass is 318 g/mol. The topological polar surface area (TPSA) is 52.6 Å². The molecular formula is C14H16Cl2O4. The Labute approximate surface area is 128 Å². The number of hydrogen-bond acceptors (Lipinski definition) is 4. The highest BCUT2D eigenvalue weighted by molar-refractivity contribution is 6.35. The third kappa shape index (κ3) is 5.39. The molecule has 1 rings (SSSR count). The van der Waals surface area contributed by atoms with Gasteiger partial charge in [0.15, 0.2) is 19.0 Å². The lowest BCUT2D eigenvalue weighted by Crippen LogP contribution is -2.27. The van der Waals surface area contributed by atoms with Gasteiger partial charge < -0.3 is 9.47 Å². The molecule has 0 spiro atoms. The van der Waals surface area contributed by atoms with Crippen molar-refractivity contribution in [2.45, 2.75) is 20.8 Å². The fraction of sp³-hybridized carbons (Fsp3) is 0.429. The molecule has 0 radical (unpaired) electrons. The van der Waals surface area contributed by atoms with Crippen molar-refractivity contribution < 1.29 is 19.1 Å². The molecule has 0 N–H and O–H groups in total. The molecule has 4 nitrogen and oxygen atoms in total. The molecule has 0 saturated carbocycles. The van der Waals surface area contributed by atoms with E-state index in [4.69, 9.17) is 32.7 Å². The summed E-state index contributed by atoms with van der Waals surface area (Å²) in [6.07, 6.45) is 0. The van der Waals surface area contributed by atoms with Gasteiger partial charge in [-0.2, -0.15) is 0 Å². The summed E-state index contributed by atoms with van der Waals surface area (Å²) in [6.45, 7) is 4.69. The molecule has 0 aliphatic heterocycles. The second-order valence-electron chi connectivity index (χ2n) is 5.20. The summed E-state index contributed by atoms with van der Waals surface area (Å²) < 4.78 is 10.0. The van der Waals surface area contributed by atoms with Crippen molar-refractivity contribution in [3.05, 3.63) is 28.2 Å². The van der Waals surface area contributed by atoms with Gasteiger partial charge in [0.05, 0.1) is 5.02 Å². The number of esters is 1. The molecule has 1 aromatic rings. The Kier molecular flexibility index (Phi) is 5.84. The predicted octanol–water partition coefficient (Wildman–Crippen LogP) is 3.53. The van der Waals surface area contributed by atoms with Crippen LogP contribution in [0.1, 0.15) is 20.8 Å². The lowest BCUT2D eigenvalue weighted by Gasteiger charge is -2.16. The van der Waals surface area contributed by atoms with Crippen LogP contribution in [0.5, 0.6) is 5.75 Å². The summed E-state index contributed by atoms with van der Waals surface area (Å²) >= 11 is 11.6. The van der Waals surface area contributed by atoms with Crippen LogP contribution in [0.15, 0.2) is 18.2 Å². The van der Waals surface area contributed by atoms with Crippen LogP contribution in [0, 0.1) is 5.41 Å². The smallest absolute Gasteiger partial charge is 0.344 e. The maximum absolute atomic E-state index is 11.6. The average Bonchev–Trinajstić information content (AvgIpc) is 2.33. The molecule has 0 heterocycles. The number of benzene rings is 1. The van der Waals surface area contributed by atoms with Crippen LogP contribution in [-0.2, 0) is 14.3 Å². The molecule has 0 unspecified atom stereocenters. The molecule has 1 aromatic carbocycles. The van der Waals surface area contributed by atoms with E-state index in [-0.39, 0.29) is 19.0 Å². The fourth-order valence-electron chi connectivity index (χ4n) is 1.13. The van der Waals surface area contributed by atoms with Gasteiger partial charge in [-0.05, 0) is 18.2 Å². The van der Waals surface area contributed by atoms with Gasteiger partial charge in [0.1, 0.15) is 5.75 Å². The average molecular weight is 319 g/mol. The van der Waals surface area contributed by atoms with Gasteiger partial charge in [-0.1, -0.05) is 44.0 Å². The van der Waals surface area contributed by atoms with Crippen molar-refractivity contribution in [1.29, 1.82) is 0 Å². The van der Waals surface area contributed by atoms with Crippen molar-refractivity contribution in [2.75, 3.05) is 13.2 Å². The van der Waals surface area contributed by atoms with Gasteiger partial charge in [-0.15, -0.1) is 0 Å². The fourth-order valence-corrected chi connectivity index (χ4v) is 1.60. The molecule has 6 heteroatoms. The first-order valence-electron chi connectivity index (χ1n) is 5.97. The Balaban J connectivity index is 2.42. The van der Waals surface area contributed by atoms with E-state index < -0.39 is 11.4 Å². The normalized spacial score (nSPS) is 11.1. The highest BCUT2D eigenvalue weighted by Crippen LogP contribution is 2.27. The second-order valence-corrected chi connectivity index (χ2v) is 6.04. The first kappa shape index (κ1) is 16.8. The molecule has 0 aromatic heterocycles. The molecule has 0 amide bonds. The van der Waals surface area contributed by atoms with Crippen molar-refractivity contribution >= 4 is 35.0 Å². The van der Waals surface area contributed by atoms with Gasteiger partial charge >= 0.3 is 5.97 Å². The SMILES string of the molecule is CC(C)(C)C(=O)COC(=O)COc1ccc(Cl)cc1Cl. The van der Waals surface area contributed by atoms with Crippen LogP contribution in [0.4, 0.5) is 0 Å². The summed E-state index contributed by atoms with van der Waals surface area (Å²) in [5.74, 6) is -0.459. The summed E-state index contributed by atoms with van der Waals surface area (Å²) in [5.41, 5.74) is -0.541. The third-order valence-electron chi connectivity index (χ3n) is 2.44. The van der Waals surface area contributed by atoms with E-state index in [1.807, 2.05) is 0 Å². The number of halogens is 2. The molecular weight excluding hydrogens is 303 g/mol. The van der Waals surface area contributed by atoms with Crippen molar-refractivity contribution in [1.82, 2.24) is 0 Å². The number of rotatable bonds is 5. The molecule has 0 atom stereocenters. The molecule has 0 bridgehead atoms. The number of Topliss-reactive ketones (excluding diaryl/α,β-unsaturated/α-hetero) is 1. The van der Waals surface area contributed by atoms with E-state index in [0.29, 0.717) is 15.8 Å². The maximum atomic E-state index is 11.6. The second kappa shape index (κ2) is 6.95. The number of carbonyl (C=O) groups excluding carboxylic acids is 2. The van der Waals surface area contributed by atoms with E-state index in [1.165, 1.54) is 6.07 Å². The Morgan fingerprint density at radius 3 is 2.35 bits per heavy atom. The summed E-state index contributed by atoms with van der Waals surface area (Å²) in [4.78, 5) is 23.0. The number of carbonyl (C=O) groups is 2. The number of ether oxygens (including phenoxy) is 2. The quantitative estimate of drug-likeness (QED) is 0.779. The highest BCUT2D eigenvalue weighted by Gasteiger charge is 2.22. The minimum absolute atomic E-state index is 0.157. The standard InChI is InChI=1S/C14H16Cl2O4/c1-14(2,3)12(17)7-20-13(18)8-19-11-5-4-9(15)6-10(11)16/h4-6H,7-8H2,1-3H3. The van der Waals surface area contributed by atoms with Gasteiger partial charge in [0, 0.05) is 10.4 Å². The molecule has 0 fully saturated rings. The maximum Gasteiger partial charge on any atom is 0.344 e. The Bertz CT molecular complexity index is 506. The van der Waals surface area contributed by atoms with Crippen LogP contribution < -0.4 is 4.74 Å². The highest BCUT2D eigenvalue weighted by atomic mass is 35.5. The molecule has 0 saturated heterocycles. The van der Waals surface area contributed by atoms with Crippen molar-refractivity contribution in [2.24, 2.45) is 5.41 Å². The van der Waals surface area contributed by atoms with Gasteiger partial charge in [0.25, 0.3) is 0 Å². The van der Waals surface area contributed by atoms with Gasteiger partial charge in [0.2, 0.25) is 0 Å². The summed E-state index contributed by atoms with van der Waals surface area (Å²) in [5, 5.41) is 0.775. The number of ketones is 1. The van der Waals surface area contributed by atoms with E-state index in [2.05, 4.69) is 0 Å². The predicted molar refractivity (Wildman–Crippen MR) is 77.4 cm³/mol. The van der Waals surface area contributed by atoms with Gasteiger partial charge in [-0.3, -0.25) is 4.79 Å². The van der Waals surface area contributed by atoms with E-state index in [1.54, 1.807) is 32.9 Å².